The topological polar surface area (TPSA) is 58.1 Å². The van der Waals surface area contributed by atoms with Crippen molar-refractivity contribution in [3.63, 3.8) is 0 Å². The van der Waals surface area contributed by atoms with Crippen LogP contribution in [-0.2, 0) is 0 Å². The minimum Gasteiger partial charge on any atom is -0.352 e. The lowest BCUT2D eigenvalue weighted by atomic mass is 10.3. The second kappa shape index (κ2) is 6.93. The number of amides is 1. The van der Waals surface area contributed by atoms with Gasteiger partial charge in [0.05, 0.1) is 0 Å². The van der Waals surface area contributed by atoms with E-state index in [2.05, 4.69) is 22.2 Å². The summed E-state index contributed by atoms with van der Waals surface area (Å²) in [6.07, 6.45) is 3.69. The van der Waals surface area contributed by atoms with Crippen molar-refractivity contribution in [1.29, 1.82) is 0 Å². The molecule has 0 bridgehead atoms. The van der Waals surface area contributed by atoms with Gasteiger partial charge in [-0.1, -0.05) is 13.3 Å². The number of nitrogens with one attached hydrogen (secondary N) is 1. The van der Waals surface area contributed by atoms with E-state index in [1.54, 1.807) is 24.2 Å². The normalized spacial score (nSPS) is 10.5. The first-order valence-electron chi connectivity index (χ1n) is 6.39. The number of hydrogen-bond acceptors (Lipinski definition) is 4. The molecule has 1 aromatic rings. The van der Waals surface area contributed by atoms with Gasteiger partial charge in [0.1, 0.15) is 5.69 Å². The average Bonchev–Trinajstić information content (AvgIpc) is 2.34. The van der Waals surface area contributed by atoms with Crippen molar-refractivity contribution in [2.75, 3.05) is 18.9 Å². The maximum Gasteiger partial charge on any atom is 0.272 e. The highest BCUT2D eigenvalue weighted by molar-refractivity contribution is 5.92. The van der Waals surface area contributed by atoms with Crippen LogP contribution in [0.2, 0.25) is 0 Å². The number of hydrogen-bond donors (Lipinski definition) is 1. The van der Waals surface area contributed by atoms with Crippen LogP contribution >= 0.6 is 0 Å². The van der Waals surface area contributed by atoms with Crippen LogP contribution in [0, 0.1) is 0 Å². The van der Waals surface area contributed by atoms with Gasteiger partial charge in [0.25, 0.3) is 5.91 Å². The van der Waals surface area contributed by atoms with E-state index < -0.39 is 0 Å². The van der Waals surface area contributed by atoms with E-state index in [0.717, 1.165) is 19.4 Å². The first-order chi connectivity index (χ1) is 8.54. The van der Waals surface area contributed by atoms with Crippen LogP contribution in [0.25, 0.3) is 0 Å². The summed E-state index contributed by atoms with van der Waals surface area (Å²) >= 11 is 0. The van der Waals surface area contributed by atoms with Crippen LogP contribution in [0.1, 0.15) is 44.1 Å². The zero-order valence-corrected chi connectivity index (χ0v) is 11.6. The molecule has 18 heavy (non-hydrogen) atoms. The zero-order chi connectivity index (χ0) is 13.5. The predicted octanol–water partition coefficient (Wildman–Crippen LogP) is 2.17. The molecule has 0 aliphatic rings. The zero-order valence-electron chi connectivity index (χ0n) is 11.6. The third kappa shape index (κ3) is 4.31. The predicted molar refractivity (Wildman–Crippen MR) is 72.7 cm³/mol. The Morgan fingerprint density at radius 3 is 2.83 bits per heavy atom. The monoisotopic (exact) mass is 250 g/mol. The Morgan fingerprint density at radius 1 is 1.50 bits per heavy atom. The molecule has 100 valence electrons. The Bertz CT molecular complexity index is 392. The molecule has 5 heteroatoms. The van der Waals surface area contributed by atoms with Crippen LogP contribution in [0.5, 0.6) is 0 Å². The molecule has 5 nitrogen and oxygen atoms in total. The van der Waals surface area contributed by atoms with E-state index in [1.807, 2.05) is 13.8 Å². The van der Waals surface area contributed by atoms with Gasteiger partial charge in [-0.05, 0) is 26.3 Å². The summed E-state index contributed by atoms with van der Waals surface area (Å²) in [5, 5.41) is 3.09. The van der Waals surface area contributed by atoms with Gasteiger partial charge >= 0.3 is 0 Å². The van der Waals surface area contributed by atoms with E-state index >= 15 is 0 Å². The molecule has 0 fully saturated rings. The highest BCUT2D eigenvalue weighted by Crippen LogP contribution is 2.05. The maximum atomic E-state index is 12.1. The van der Waals surface area contributed by atoms with Crippen molar-refractivity contribution in [3.05, 3.63) is 18.0 Å². The average molecular weight is 250 g/mol. The van der Waals surface area contributed by atoms with Crippen molar-refractivity contribution in [2.45, 2.75) is 39.7 Å². The lowest BCUT2D eigenvalue weighted by molar-refractivity contribution is 0.0787. The number of nitrogens with zero attached hydrogens (tertiary/aromatic N) is 3. The molecule has 0 radical (unpaired) electrons. The quantitative estimate of drug-likeness (QED) is 0.840. The second-order valence-electron chi connectivity index (χ2n) is 4.64. The minimum absolute atomic E-state index is 0.0577. The Balaban J connectivity index is 2.73. The summed E-state index contributed by atoms with van der Waals surface area (Å²) in [7, 11) is 1.80. The van der Waals surface area contributed by atoms with Crippen LogP contribution in [0.15, 0.2) is 12.3 Å². The van der Waals surface area contributed by atoms with E-state index in [1.165, 1.54) is 0 Å². The molecule has 1 rings (SSSR count). The lowest BCUT2D eigenvalue weighted by Crippen LogP contribution is -2.28. The maximum absolute atomic E-state index is 12.1. The summed E-state index contributed by atoms with van der Waals surface area (Å²) in [4.78, 5) is 22.1. The van der Waals surface area contributed by atoms with Crippen molar-refractivity contribution in [2.24, 2.45) is 0 Å². The van der Waals surface area contributed by atoms with E-state index in [-0.39, 0.29) is 11.9 Å². The van der Waals surface area contributed by atoms with Crippen molar-refractivity contribution < 1.29 is 4.79 Å². The fourth-order valence-electron chi connectivity index (χ4n) is 1.50. The van der Waals surface area contributed by atoms with E-state index in [9.17, 15) is 4.79 Å². The molecule has 0 aliphatic carbocycles. The fourth-order valence-corrected chi connectivity index (χ4v) is 1.50. The summed E-state index contributed by atoms with van der Waals surface area (Å²) in [5.74, 6) is 0.442. The van der Waals surface area contributed by atoms with Gasteiger partial charge in [-0.25, -0.2) is 9.97 Å². The Kier molecular flexibility index (Phi) is 5.55. The minimum atomic E-state index is -0.0577. The fraction of sp³-hybridized carbons (Fsp3) is 0.615. The molecule has 1 amide bonds. The molecule has 1 aromatic heterocycles. The van der Waals surface area contributed by atoms with Crippen molar-refractivity contribution in [3.8, 4) is 0 Å². The molecule has 0 aromatic carbocycles. The van der Waals surface area contributed by atoms with E-state index in [4.69, 9.17) is 0 Å². The van der Waals surface area contributed by atoms with Crippen molar-refractivity contribution in [1.82, 2.24) is 14.9 Å². The molecule has 0 atom stereocenters. The first kappa shape index (κ1) is 14.4. The molecule has 0 unspecified atom stereocenters. The van der Waals surface area contributed by atoms with E-state index in [0.29, 0.717) is 11.6 Å². The molecule has 0 spiro atoms. The molecular formula is C13H22N4O. The summed E-state index contributed by atoms with van der Waals surface area (Å²) in [5.41, 5.74) is 0.437. The van der Waals surface area contributed by atoms with Gasteiger partial charge in [0, 0.05) is 25.8 Å². The number of anilines is 1. The number of rotatable bonds is 6. The van der Waals surface area contributed by atoms with Crippen molar-refractivity contribution >= 4 is 11.9 Å². The largest absolute Gasteiger partial charge is 0.352 e. The molecule has 1 heterocycles. The van der Waals surface area contributed by atoms with Crippen LogP contribution in [0.4, 0.5) is 5.95 Å². The Morgan fingerprint density at radius 2 is 2.22 bits per heavy atom. The molecular weight excluding hydrogens is 228 g/mol. The highest BCUT2D eigenvalue weighted by Gasteiger charge is 2.13. The van der Waals surface area contributed by atoms with Gasteiger partial charge in [-0.15, -0.1) is 0 Å². The van der Waals surface area contributed by atoms with Gasteiger partial charge in [0.15, 0.2) is 0 Å². The van der Waals surface area contributed by atoms with Crippen LogP contribution < -0.4 is 5.32 Å². The molecule has 0 saturated carbocycles. The molecule has 1 N–H and O–H groups in total. The number of carbonyl (C=O) groups is 1. The Labute approximate surface area is 109 Å². The van der Waals surface area contributed by atoms with Crippen LogP contribution in [0.3, 0.4) is 0 Å². The second-order valence-corrected chi connectivity index (χ2v) is 4.64. The first-order valence-corrected chi connectivity index (χ1v) is 6.39. The Hall–Kier alpha value is -1.65. The van der Waals surface area contributed by atoms with Gasteiger partial charge < -0.3 is 10.2 Å². The lowest BCUT2D eigenvalue weighted by Gasteiger charge is -2.16. The van der Waals surface area contributed by atoms with Gasteiger partial charge in [-0.2, -0.15) is 0 Å². The van der Waals surface area contributed by atoms with Gasteiger partial charge in [0.2, 0.25) is 5.95 Å². The number of carbonyl (C=O) groups excluding carboxylic acids is 1. The third-order valence-corrected chi connectivity index (χ3v) is 2.49. The summed E-state index contributed by atoms with van der Waals surface area (Å²) < 4.78 is 0. The number of unbranched alkanes of at least 4 members (excludes halogenated alkanes) is 1. The smallest absolute Gasteiger partial charge is 0.272 e. The molecule has 0 aliphatic heterocycles. The number of aromatic nitrogens is 2. The molecule has 0 saturated heterocycles. The third-order valence-electron chi connectivity index (χ3n) is 2.49. The standard InChI is InChI=1S/C13H22N4O/c1-5-6-9-17(4)12(18)11-7-8-14-13(16-11)15-10(2)3/h7-8,10H,5-6,9H2,1-4H3,(H,14,15,16). The summed E-state index contributed by atoms with van der Waals surface area (Å²) in [6, 6.07) is 1.89. The SMILES string of the molecule is CCCCN(C)C(=O)c1ccnc(NC(C)C)n1. The van der Waals surface area contributed by atoms with Gasteiger partial charge in [-0.3, -0.25) is 4.79 Å². The van der Waals surface area contributed by atoms with Crippen LogP contribution in [-0.4, -0.2) is 40.4 Å². The summed E-state index contributed by atoms with van der Waals surface area (Å²) in [6.45, 7) is 6.87. The highest BCUT2D eigenvalue weighted by atomic mass is 16.2.